The van der Waals surface area contributed by atoms with Crippen LogP contribution in [-0.2, 0) is 10.8 Å². The lowest BCUT2D eigenvalue weighted by atomic mass is 9.85. The van der Waals surface area contributed by atoms with Crippen LogP contribution in [0.3, 0.4) is 0 Å². The molecule has 10 rings (SSSR count). The Labute approximate surface area is 397 Å². The second kappa shape index (κ2) is 17.0. The molecule has 9 aromatic rings. The third-order valence-corrected chi connectivity index (χ3v) is 13.6. The van der Waals surface area contributed by atoms with Crippen molar-refractivity contribution < 1.29 is 4.74 Å². The molecule has 67 heavy (non-hydrogen) atoms. The Morgan fingerprint density at radius 1 is 0.478 bits per heavy atom. The number of hydrogen-bond acceptors (Lipinski definition) is 4. The minimum absolute atomic E-state index is 0.0186. The Hall–Kier alpha value is -7.11. The van der Waals surface area contributed by atoms with Crippen LogP contribution in [0, 0.1) is 0 Å². The van der Waals surface area contributed by atoms with Crippen molar-refractivity contribution in [2.24, 2.45) is 0 Å². The third-order valence-electron chi connectivity index (χ3n) is 13.6. The molecule has 0 amide bonds. The highest BCUT2D eigenvalue weighted by Gasteiger charge is 2.31. The fraction of sp³-hybridized carbons (Fsp3) is 0.242. The van der Waals surface area contributed by atoms with E-state index in [4.69, 9.17) is 9.72 Å². The number of para-hydroxylation sites is 1. The molecule has 0 bridgehead atoms. The summed E-state index contributed by atoms with van der Waals surface area (Å²) in [5, 5.41) is 2.34. The highest BCUT2D eigenvalue weighted by atomic mass is 16.5. The zero-order valence-corrected chi connectivity index (χ0v) is 40.7. The van der Waals surface area contributed by atoms with Crippen molar-refractivity contribution in [2.45, 2.75) is 91.9 Å². The Balaban J connectivity index is 1.09. The second-order valence-electron chi connectivity index (χ2n) is 21.0. The van der Waals surface area contributed by atoms with Crippen LogP contribution in [0.4, 0.5) is 22.7 Å². The van der Waals surface area contributed by atoms with Crippen LogP contribution in [0.25, 0.3) is 49.9 Å². The van der Waals surface area contributed by atoms with Gasteiger partial charge in [-0.05, 0) is 134 Å². The predicted molar refractivity (Wildman–Crippen MR) is 284 cm³/mol. The maximum Gasteiger partial charge on any atom is 0.137 e. The van der Waals surface area contributed by atoms with Crippen molar-refractivity contribution in [3.63, 3.8) is 0 Å². The van der Waals surface area contributed by atoms with Crippen LogP contribution in [0.2, 0.25) is 0 Å². The van der Waals surface area contributed by atoms with Gasteiger partial charge < -0.3 is 14.5 Å². The van der Waals surface area contributed by atoms with Gasteiger partial charge in [0.1, 0.15) is 24.0 Å². The average molecular weight is 879 g/mol. The van der Waals surface area contributed by atoms with Crippen LogP contribution < -0.4 is 14.5 Å². The first-order valence-corrected chi connectivity index (χ1v) is 23.9. The number of aromatic nitrogens is 2. The summed E-state index contributed by atoms with van der Waals surface area (Å²) in [7, 11) is 0. The summed E-state index contributed by atoms with van der Waals surface area (Å²) >= 11 is 0. The Morgan fingerprint density at radius 2 is 1.12 bits per heavy atom. The molecule has 0 saturated heterocycles. The Kier molecular flexibility index (Phi) is 11.1. The minimum Gasteiger partial charge on any atom is -0.457 e. The number of pyridine rings is 1. The van der Waals surface area contributed by atoms with E-state index in [2.05, 4.69) is 247 Å². The monoisotopic (exact) mass is 878 g/mol. The van der Waals surface area contributed by atoms with E-state index >= 15 is 0 Å². The first kappa shape index (κ1) is 43.8. The SMILES string of the molecule is CC(C)c1cccc(C(C)C)c1-c1cccc(N2CN(c3cc(Oc4ccc5c6ccccc6n(-c6cc(C(C)(C)C)ccn6)c5c4)cc(-c4ccccc4)c3)c3ccc(C(C)(C)C)cc32)c1. The van der Waals surface area contributed by atoms with Gasteiger partial charge in [-0.3, -0.25) is 4.57 Å². The molecule has 0 fully saturated rings. The van der Waals surface area contributed by atoms with Gasteiger partial charge in [-0.15, -0.1) is 0 Å². The summed E-state index contributed by atoms with van der Waals surface area (Å²) in [5.74, 6) is 3.23. The van der Waals surface area contributed by atoms with E-state index in [1.807, 2.05) is 6.20 Å². The van der Waals surface area contributed by atoms with Gasteiger partial charge in [0.25, 0.3) is 0 Å². The molecule has 7 aromatic carbocycles. The van der Waals surface area contributed by atoms with E-state index < -0.39 is 0 Å². The minimum atomic E-state index is -0.0230. The lowest BCUT2D eigenvalue weighted by molar-refractivity contribution is 0.483. The van der Waals surface area contributed by atoms with Gasteiger partial charge in [0.05, 0.1) is 22.4 Å². The maximum atomic E-state index is 7.03. The van der Waals surface area contributed by atoms with Crippen molar-refractivity contribution in [1.29, 1.82) is 0 Å². The molecule has 0 aliphatic carbocycles. The molecule has 336 valence electrons. The number of ether oxygens (including phenoxy) is 1. The van der Waals surface area contributed by atoms with Crippen LogP contribution in [0.15, 0.2) is 170 Å². The zero-order chi connectivity index (χ0) is 46.8. The van der Waals surface area contributed by atoms with Crippen LogP contribution in [-0.4, -0.2) is 16.2 Å². The molecule has 5 nitrogen and oxygen atoms in total. The molecule has 3 heterocycles. The quantitative estimate of drug-likeness (QED) is 0.145. The fourth-order valence-electron chi connectivity index (χ4n) is 9.88. The molecule has 0 N–H and O–H groups in total. The van der Waals surface area contributed by atoms with E-state index in [-0.39, 0.29) is 10.8 Å². The molecule has 0 atom stereocenters. The van der Waals surface area contributed by atoms with E-state index in [9.17, 15) is 0 Å². The standard InChI is InChI=1S/C62H62N4O/c1-40(2)51-23-17-24-52(41(3)4)60(51)43-20-16-21-47(32-43)64-39-65(56-29-26-45(35-58(56)64)61(5,6)7)48-33-44(42-18-12-11-13-19-42)34-50(37-48)67-49-27-28-54-53-22-14-15-25-55(53)66(57(54)38-49)59-36-46(30-31-63-59)62(8,9)10/h11-38,40-41H,39H2,1-10H3. The van der Waals surface area contributed by atoms with Gasteiger partial charge in [0.15, 0.2) is 0 Å². The Morgan fingerprint density at radius 3 is 1.85 bits per heavy atom. The fourth-order valence-corrected chi connectivity index (χ4v) is 9.88. The number of nitrogens with zero attached hydrogens (tertiary/aromatic N) is 4. The first-order chi connectivity index (χ1) is 32.1. The lowest BCUT2D eigenvalue weighted by Gasteiger charge is -2.25. The molecule has 0 unspecified atom stereocenters. The number of rotatable bonds is 9. The topological polar surface area (TPSA) is 33.5 Å². The van der Waals surface area contributed by atoms with Gasteiger partial charge in [-0.1, -0.05) is 154 Å². The molecule has 5 heteroatoms. The van der Waals surface area contributed by atoms with Crippen LogP contribution in [0.1, 0.15) is 103 Å². The molecule has 1 aliphatic heterocycles. The summed E-state index contributed by atoms with van der Waals surface area (Å²) in [6, 6.07) is 59.8. The highest BCUT2D eigenvalue weighted by Crippen LogP contribution is 2.49. The summed E-state index contributed by atoms with van der Waals surface area (Å²) in [6.45, 7) is 23.5. The first-order valence-electron chi connectivity index (χ1n) is 23.9. The van der Waals surface area contributed by atoms with Gasteiger partial charge in [0.2, 0.25) is 0 Å². The molecular weight excluding hydrogens is 817 g/mol. The van der Waals surface area contributed by atoms with E-state index in [1.165, 1.54) is 50.1 Å². The summed E-state index contributed by atoms with van der Waals surface area (Å²) in [5.41, 5.74) is 16.9. The van der Waals surface area contributed by atoms with Crippen molar-refractivity contribution >= 4 is 44.6 Å². The summed E-state index contributed by atoms with van der Waals surface area (Å²) in [6.07, 6.45) is 1.93. The molecule has 0 spiro atoms. The largest absolute Gasteiger partial charge is 0.457 e. The van der Waals surface area contributed by atoms with Gasteiger partial charge >= 0.3 is 0 Å². The van der Waals surface area contributed by atoms with Crippen molar-refractivity contribution in [3.05, 3.63) is 192 Å². The van der Waals surface area contributed by atoms with Crippen molar-refractivity contribution in [3.8, 4) is 39.6 Å². The molecule has 2 aromatic heterocycles. The van der Waals surface area contributed by atoms with Crippen LogP contribution in [0.5, 0.6) is 11.5 Å². The number of fused-ring (bicyclic) bond motifs is 4. The molecule has 1 aliphatic rings. The Bertz CT molecular complexity index is 3260. The van der Waals surface area contributed by atoms with Gasteiger partial charge in [-0.25, -0.2) is 4.98 Å². The predicted octanol–water partition coefficient (Wildman–Crippen LogP) is 17.4. The number of anilines is 4. The lowest BCUT2D eigenvalue weighted by Crippen LogP contribution is -2.24. The van der Waals surface area contributed by atoms with E-state index in [1.54, 1.807) is 0 Å². The van der Waals surface area contributed by atoms with Crippen LogP contribution >= 0.6 is 0 Å². The van der Waals surface area contributed by atoms with E-state index in [0.29, 0.717) is 18.5 Å². The maximum absolute atomic E-state index is 7.03. The number of benzene rings is 7. The molecular formula is C62H62N4O. The average Bonchev–Trinajstić information content (AvgIpc) is 3.87. The molecule has 0 radical (unpaired) electrons. The number of hydrogen-bond donors (Lipinski definition) is 0. The van der Waals surface area contributed by atoms with Gasteiger partial charge in [0, 0.05) is 40.5 Å². The molecule has 0 saturated carbocycles. The van der Waals surface area contributed by atoms with Gasteiger partial charge in [-0.2, -0.15) is 0 Å². The normalized spacial score (nSPS) is 13.1. The smallest absolute Gasteiger partial charge is 0.137 e. The second-order valence-corrected chi connectivity index (χ2v) is 21.0. The van der Waals surface area contributed by atoms with Crippen molar-refractivity contribution in [2.75, 3.05) is 16.5 Å². The van der Waals surface area contributed by atoms with Crippen molar-refractivity contribution in [1.82, 2.24) is 9.55 Å². The zero-order valence-electron chi connectivity index (χ0n) is 40.7. The summed E-state index contributed by atoms with van der Waals surface area (Å²) in [4.78, 5) is 9.87. The summed E-state index contributed by atoms with van der Waals surface area (Å²) < 4.78 is 9.31. The van der Waals surface area contributed by atoms with E-state index in [0.717, 1.165) is 56.2 Å². The highest BCUT2D eigenvalue weighted by molar-refractivity contribution is 6.09. The third kappa shape index (κ3) is 8.26.